The van der Waals surface area contributed by atoms with Gasteiger partial charge in [-0.05, 0) is 18.6 Å². The SMILES string of the molecule is COCCCNC(=O)c1cc(Nc2c(F)cccc2F)ncn1. The normalized spacial score (nSPS) is 10.4. The molecule has 0 saturated carbocycles. The summed E-state index contributed by atoms with van der Waals surface area (Å²) in [6.07, 6.45) is 1.81. The third-order valence-electron chi connectivity index (χ3n) is 2.93. The standard InChI is InChI=1S/C15H16F2N4O2/c1-23-7-3-6-18-15(22)12-8-13(20-9-19-12)21-14-10(16)4-2-5-11(14)17/h2,4-5,8-9H,3,6-7H2,1H3,(H,18,22)(H,19,20,21). The minimum atomic E-state index is -0.755. The molecule has 0 fully saturated rings. The van der Waals surface area contributed by atoms with Gasteiger partial charge in [-0.15, -0.1) is 0 Å². The van der Waals surface area contributed by atoms with Gasteiger partial charge in [-0.3, -0.25) is 4.79 Å². The molecule has 0 aliphatic rings. The van der Waals surface area contributed by atoms with Crippen LogP contribution in [-0.4, -0.2) is 36.1 Å². The van der Waals surface area contributed by atoms with Crippen LogP contribution >= 0.6 is 0 Å². The maximum atomic E-state index is 13.6. The smallest absolute Gasteiger partial charge is 0.270 e. The number of aromatic nitrogens is 2. The molecule has 1 aromatic heterocycles. The fourth-order valence-electron chi connectivity index (χ4n) is 1.80. The second kappa shape index (κ2) is 8.14. The molecule has 0 aliphatic heterocycles. The Balaban J connectivity index is 2.06. The summed E-state index contributed by atoms with van der Waals surface area (Å²) < 4.78 is 32.1. The number of amides is 1. The first-order chi connectivity index (χ1) is 11.1. The Hall–Kier alpha value is -2.61. The molecule has 0 aliphatic carbocycles. The van der Waals surface area contributed by atoms with Gasteiger partial charge in [-0.1, -0.05) is 6.07 Å². The van der Waals surface area contributed by atoms with E-state index < -0.39 is 17.5 Å². The van der Waals surface area contributed by atoms with Crippen molar-refractivity contribution < 1.29 is 18.3 Å². The third-order valence-corrected chi connectivity index (χ3v) is 2.93. The van der Waals surface area contributed by atoms with Gasteiger partial charge in [0, 0.05) is 26.3 Å². The van der Waals surface area contributed by atoms with Crippen molar-refractivity contribution in [3.05, 3.63) is 47.9 Å². The number of benzene rings is 1. The zero-order valence-electron chi connectivity index (χ0n) is 12.5. The van der Waals surface area contributed by atoms with Gasteiger partial charge in [-0.2, -0.15) is 0 Å². The van der Waals surface area contributed by atoms with E-state index >= 15 is 0 Å². The predicted octanol–water partition coefficient (Wildman–Crippen LogP) is 2.26. The van der Waals surface area contributed by atoms with Gasteiger partial charge in [-0.25, -0.2) is 18.7 Å². The highest BCUT2D eigenvalue weighted by Gasteiger charge is 2.12. The molecule has 0 atom stereocenters. The van der Waals surface area contributed by atoms with E-state index in [1.165, 1.54) is 12.1 Å². The van der Waals surface area contributed by atoms with Crippen molar-refractivity contribution >= 4 is 17.4 Å². The number of carbonyl (C=O) groups is 1. The number of rotatable bonds is 7. The largest absolute Gasteiger partial charge is 0.385 e. The highest BCUT2D eigenvalue weighted by Crippen LogP contribution is 2.21. The second-order valence-electron chi connectivity index (χ2n) is 4.61. The van der Waals surface area contributed by atoms with Gasteiger partial charge < -0.3 is 15.4 Å². The molecule has 0 spiro atoms. The van der Waals surface area contributed by atoms with E-state index in [2.05, 4.69) is 20.6 Å². The van der Waals surface area contributed by atoms with E-state index in [0.29, 0.717) is 19.6 Å². The summed E-state index contributed by atoms with van der Waals surface area (Å²) in [6, 6.07) is 4.82. The molecule has 6 nitrogen and oxygen atoms in total. The Morgan fingerprint density at radius 1 is 1.26 bits per heavy atom. The van der Waals surface area contributed by atoms with E-state index in [1.807, 2.05) is 0 Å². The van der Waals surface area contributed by atoms with Crippen LogP contribution in [0.2, 0.25) is 0 Å². The molecule has 1 heterocycles. The Morgan fingerprint density at radius 2 is 2.00 bits per heavy atom. The molecule has 0 radical (unpaired) electrons. The number of ether oxygens (including phenoxy) is 1. The number of nitrogens with zero attached hydrogens (tertiary/aromatic N) is 2. The summed E-state index contributed by atoms with van der Waals surface area (Å²) >= 11 is 0. The molecule has 2 rings (SSSR count). The van der Waals surface area contributed by atoms with Gasteiger partial charge in [0.05, 0.1) is 0 Å². The van der Waals surface area contributed by atoms with Crippen LogP contribution in [0.3, 0.4) is 0 Å². The first-order valence-electron chi connectivity index (χ1n) is 6.92. The van der Waals surface area contributed by atoms with Crippen LogP contribution in [-0.2, 0) is 4.74 Å². The average molecular weight is 322 g/mol. The topological polar surface area (TPSA) is 76.1 Å². The number of hydrogen-bond donors (Lipinski definition) is 2. The lowest BCUT2D eigenvalue weighted by Crippen LogP contribution is -2.26. The van der Waals surface area contributed by atoms with Crippen LogP contribution < -0.4 is 10.6 Å². The fraction of sp³-hybridized carbons (Fsp3) is 0.267. The minimum absolute atomic E-state index is 0.0941. The van der Waals surface area contributed by atoms with Crippen molar-refractivity contribution in [2.75, 3.05) is 25.6 Å². The second-order valence-corrected chi connectivity index (χ2v) is 4.61. The number of carbonyl (C=O) groups excluding carboxylic acids is 1. The molecule has 1 amide bonds. The molecule has 0 unspecified atom stereocenters. The highest BCUT2D eigenvalue weighted by atomic mass is 19.1. The highest BCUT2D eigenvalue weighted by molar-refractivity contribution is 5.92. The van der Waals surface area contributed by atoms with E-state index in [0.717, 1.165) is 18.5 Å². The molecule has 122 valence electrons. The van der Waals surface area contributed by atoms with Crippen LogP contribution in [0.25, 0.3) is 0 Å². The molecular weight excluding hydrogens is 306 g/mol. The predicted molar refractivity (Wildman–Crippen MR) is 80.5 cm³/mol. The molecule has 23 heavy (non-hydrogen) atoms. The lowest BCUT2D eigenvalue weighted by molar-refractivity contribution is 0.0943. The van der Waals surface area contributed by atoms with Gasteiger partial charge in [0.1, 0.15) is 35.2 Å². The van der Waals surface area contributed by atoms with E-state index in [4.69, 9.17) is 4.74 Å². The zero-order chi connectivity index (χ0) is 16.7. The third kappa shape index (κ3) is 4.68. The number of halogens is 2. The van der Waals surface area contributed by atoms with Crippen molar-refractivity contribution in [1.82, 2.24) is 15.3 Å². The molecule has 2 N–H and O–H groups in total. The van der Waals surface area contributed by atoms with Crippen molar-refractivity contribution in [1.29, 1.82) is 0 Å². The van der Waals surface area contributed by atoms with Crippen LogP contribution in [0.4, 0.5) is 20.3 Å². The quantitative estimate of drug-likeness (QED) is 0.765. The average Bonchev–Trinajstić information content (AvgIpc) is 2.55. The molecule has 0 bridgehead atoms. The summed E-state index contributed by atoms with van der Waals surface area (Å²) in [5.74, 6) is -1.80. The Labute approximate surface area is 131 Å². The first-order valence-corrected chi connectivity index (χ1v) is 6.92. The summed E-state index contributed by atoms with van der Waals surface area (Å²) in [7, 11) is 1.58. The minimum Gasteiger partial charge on any atom is -0.385 e. The summed E-state index contributed by atoms with van der Waals surface area (Å²) in [6.45, 7) is 0.963. The fourth-order valence-corrected chi connectivity index (χ4v) is 1.80. The summed E-state index contributed by atoms with van der Waals surface area (Å²) in [5, 5.41) is 5.17. The van der Waals surface area contributed by atoms with Crippen LogP contribution in [0, 0.1) is 11.6 Å². The van der Waals surface area contributed by atoms with Crippen molar-refractivity contribution in [2.45, 2.75) is 6.42 Å². The van der Waals surface area contributed by atoms with Crippen LogP contribution in [0.15, 0.2) is 30.6 Å². The maximum Gasteiger partial charge on any atom is 0.270 e. The number of nitrogens with one attached hydrogen (secondary N) is 2. The van der Waals surface area contributed by atoms with Crippen molar-refractivity contribution in [3.63, 3.8) is 0 Å². The first kappa shape index (κ1) is 16.8. The monoisotopic (exact) mass is 322 g/mol. The zero-order valence-corrected chi connectivity index (χ0v) is 12.5. The Bertz CT molecular complexity index is 662. The number of anilines is 2. The van der Waals surface area contributed by atoms with Crippen LogP contribution in [0.1, 0.15) is 16.9 Å². The van der Waals surface area contributed by atoms with Crippen molar-refractivity contribution in [3.8, 4) is 0 Å². The lowest BCUT2D eigenvalue weighted by Gasteiger charge is -2.09. The molecule has 2 aromatic rings. The maximum absolute atomic E-state index is 13.6. The lowest BCUT2D eigenvalue weighted by atomic mass is 10.3. The number of methoxy groups -OCH3 is 1. The molecule has 8 heteroatoms. The van der Waals surface area contributed by atoms with Gasteiger partial charge in [0.15, 0.2) is 0 Å². The number of hydrogen-bond acceptors (Lipinski definition) is 5. The van der Waals surface area contributed by atoms with E-state index in [1.54, 1.807) is 7.11 Å². The van der Waals surface area contributed by atoms with Crippen LogP contribution in [0.5, 0.6) is 0 Å². The van der Waals surface area contributed by atoms with Gasteiger partial charge in [0.25, 0.3) is 5.91 Å². The Morgan fingerprint density at radius 3 is 2.70 bits per heavy atom. The molecular formula is C15H16F2N4O2. The van der Waals surface area contributed by atoms with E-state index in [9.17, 15) is 13.6 Å². The number of para-hydroxylation sites is 1. The molecule has 1 aromatic carbocycles. The molecule has 0 saturated heterocycles. The summed E-state index contributed by atoms with van der Waals surface area (Å²) in [4.78, 5) is 19.6. The summed E-state index contributed by atoms with van der Waals surface area (Å²) in [5.41, 5.74) is -0.241. The Kier molecular flexibility index (Phi) is 5.93. The van der Waals surface area contributed by atoms with Gasteiger partial charge in [0.2, 0.25) is 0 Å². The van der Waals surface area contributed by atoms with Gasteiger partial charge >= 0.3 is 0 Å². The van der Waals surface area contributed by atoms with Crippen molar-refractivity contribution in [2.24, 2.45) is 0 Å². The van der Waals surface area contributed by atoms with E-state index in [-0.39, 0.29) is 17.2 Å².